The third kappa shape index (κ3) is 5.11. The molecule has 0 radical (unpaired) electrons. The van der Waals surface area contributed by atoms with Crippen LogP contribution in [0.3, 0.4) is 0 Å². The molecule has 0 spiro atoms. The van der Waals surface area contributed by atoms with E-state index in [2.05, 4.69) is 43.3 Å². The molecule has 0 saturated heterocycles. The van der Waals surface area contributed by atoms with Gasteiger partial charge in [0.05, 0.1) is 0 Å². The first-order valence-electron chi connectivity index (χ1n) is 11.3. The molecule has 0 atom stereocenters. The summed E-state index contributed by atoms with van der Waals surface area (Å²) < 4.78 is 2.47. The predicted molar refractivity (Wildman–Crippen MR) is 128 cm³/mol. The van der Waals surface area contributed by atoms with Gasteiger partial charge in [0, 0.05) is 14.3 Å². The first-order valence-corrected chi connectivity index (χ1v) is 12.9. The molecule has 2 heterocycles. The van der Waals surface area contributed by atoms with Gasteiger partial charge in [-0.25, -0.2) is 0 Å². The fourth-order valence-corrected chi connectivity index (χ4v) is 6.97. The second-order valence-electron chi connectivity index (χ2n) is 8.60. The topological polar surface area (TPSA) is 23.8 Å². The molecule has 0 bridgehead atoms. The number of fused-ring (bicyclic) bond motifs is 1. The van der Waals surface area contributed by atoms with Gasteiger partial charge in [-0.15, -0.1) is 22.7 Å². The highest BCUT2D eigenvalue weighted by Crippen LogP contribution is 2.40. The Morgan fingerprint density at radius 3 is 2.31 bits per heavy atom. The Kier molecular flexibility index (Phi) is 7.06. The number of benzene rings is 1. The van der Waals surface area contributed by atoms with Gasteiger partial charge in [-0.2, -0.15) is 5.26 Å². The average molecular weight is 422 g/mol. The summed E-state index contributed by atoms with van der Waals surface area (Å²) in [6, 6.07) is 15.8. The van der Waals surface area contributed by atoms with E-state index in [4.69, 9.17) is 5.26 Å². The van der Waals surface area contributed by atoms with Crippen molar-refractivity contribution in [2.75, 3.05) is 0 Å². The zero-order valence-electron chi connectivity index (χ0n) is 17.5. The molecule has 0 aliphatic heterocycles. The fourth-order valence-electron chi connectivity index (χ4n) is 4.77. The van der Waals surface area contributed by atoms with Crippen molar-refractivity contribution in [3.63, 3.8) is 0 Å². The van der Waals surface area contributed by atoms with Crippen molar-refractivity contribution in [3.05, 3.63) is 46.8 Å². The van der Waals surface area contributed by atoms with Crippen molar-refractivity contribution in [2.24, 2.45) is 5.92 Å². The molecule has 1 aliphatic carbocycles. The van der Waals surface area contributed by atoms with Crippen LogP contribution in [0.2, 0.25) is 0 Å². The molecule has 2 aromatic heterocycles. The monoisotopic (exact) mass is 421 g/mol. The van der Waals surface area contributed by atoms with Crippen LogP contribution in [0.4, 0.5) is 0 Å². The van der Waals surface area contributed by atoms with E-state index in [1.54, 1.807) is 22.7 Å². The van der Waals surface area contributed by atoms with Gasteiger partial charge in [0.15, 0.2) is 0 Å². The number of hydrogen-bond acceptors (Lipinski definition) is 3. The Balaban J connectivity index is 1.30. The number of nitrogens with zero attached hydrogens (tertiary/aromatic N) is 1. The van der Waals surface area contributed by atoms with Crippen LogP contribution in [0.5, 0.6) is 0 Å². The molecular formula is C26H31NS2. The minimum atomic E-state index is 0.755. The Hall–Kier alpha value is -1.63. The molecular weight excluding hydrogens is 390 g/mol. The second-order valence-corrected chi connectivity index (χ2v) is 10.8. The summed E-state index contributed by atoms with van der Waals surface area (Å²) in [6.07, 6.45) is 14.1. The van der Waals surface area contributed by atoms with Crippen molar-refractivity contribution < 1.29 is 0 Å². The first-order chi connectivity index (χ1) is 14.3. The normalized spacial score (nSPS) is 19.4. The van der Waals surface area contributed by atoms with Crippen molar-refractivity contribution in [3.8, 4) is 16.5 Å². The Morgan fingerprint density at radius 1 is 0.897 bits per heavy atom. The van der Waals surface area contributed by atoms with Crippen LogP contribution in [0.1, 0.15) is 87.5 Å². The van der Waals surface area contributed by atoms with Crippen molar-refractivity contribution in [1.29, 1.82) is 5.26 Å². The Labute approximate surface area is 183 Å². The van der Waals surface area contributed by atoms with Crippen LogP contribution < -0.4 is 0 Å². The highest BCUT2D eigenvalue weighted by molar-refractivity contribution is 7.29. The van der Waals surface area contributed by atoms with Gasteiger partial charge < -0.3 is 0 Å². The van der Waals surface area contributed by atoms with Gasteiger partial charge in [-0.3, -0.25) is 0 Å². The molecule has 3 aromatic rings. The molecule has 0 unspecified atom stereocenters. The van der Waals surface area contributed by atoms with Gasteiger partial charge in [0.1, 0.15) is 10.9 Å². The summed E-state index contributed by atoms with van der Waals surface area (Å²) in [7, 11) is 0. The van der Waals surface area contributed by atoms with Crippen molar-refractivity contribution >= 4 is 32.1 Å². The summed E-state index contributed by atoms with van der Waals surface area (Å²) in [4.78, 5) is 2.12. The molecule has 1 fully saturated rings. The van der Waals surface area contributed by atoms with Crippen LogP contribution in [0.25, 0.3) is 19.8 Å². The third-order valence-corrected chi connectivity index (χ3v) is 8.79. The molecule has 29 heavy (non-hydrogen) atoms. The highest BCUT2D eigenvalue weighted by atomic mass is 32.1. The molecule has 1 aromatic carbocycles. The lowest BCUT2D eigenvalue weighted by Crippen LogP contribution is -2.13. The van der Waals surface area contributed by atoms with E-state index in [0.717, 1.165) is 16.7 Å². The van der Waals surface area contributed by atoms with E-state index in [9.17, 15) is 0 Å². The minimum Gasteiger partial charge on any atom is -0.192 e. The van der Waals surface area contributed by atoms with Crippen LogP contribution in [-0.2, 0) is 0 Å². The standard InChI is InChI=1S/C26H31NS2/c1-2-3-4-5-6-7-19-8-10-20(11-9-19)21-12-14-22(15-13-21)24-17-26-25(29-24)16-23(18-27)28-26/h12-17,19-20H,2-11H2,1H3/t19-,20-. The molecule has 0 N–H and O–H groups in total. The van der Waals surface area contributed by atoms with E-state index in [1.165, 1.54) is 89.6 Å². The number of thiophene rings is 2. The molecule has 152 valence electrons. The lowest BCUT2D eigenvalue weighted by molar-refractivity contribution is 0.302. The van der Waals surface area contributed by atoms with Crippen molar-refractivity contribution in [2.45, 2.75) is 77.0 Å². The highest BCUT2D eigenvalue weighted by Gasteiger charge is 2.22. The zero-order chi connectivity index (χ0) is 20.1. The molecule has 3 heteroatoms. The summed E-state index contributed by atoms with van der Waals surface area (Å²) in [5, 5.41) is 9.05. The minimum absolute atomic E-state index is 0.755. The zero-order valence-corrected chi connectivity index (χ0v) is 19.1. The number of nitriles is 1. The van der Waals surface area contributed by atoms with E-state index >= 15 is 0 Å². The van der Waals surface area contributed by atoms with Crippen LogP contribution in [0.15, 0.2) is 36.4 Å². The third-order valence-electron chi connectivity index (χ3n) is 6.55. The maximum Gasteiger partial charge on any atom is 0.110 e. The van der Waals surface area contributed by atoms with Crippen LogP contribution in [-0.4, -0.2) is 0 Å². The maximum absolute atomic E-state index is 9.05. The van der Waals surface area contributed by atoms with Gasteiger partial charge in [-0.05, 0) is 60.8 Å². The summed E-state index contributed by atoms with van der Waals surface area (Å²) in [5.41, 5.74) is 2.83. The van der Waals surface area contributed by atoms with Gasteiger partial charge in [0.2, 0.25) is 0 Å². The summed E-state index contributed by atoms with van der Waals surface area (Å²) in [6.45, 7) is 2.29. The Morgan fingerprint density at radius 2 is 1.62 bits per heavy atom. The van der Waals surface area contributed by atoms with Crippen LogP contribution in [0, 0.1) is 17.2 Å². The smallest absolute Gasteiger partial charge is 0.110 e. The SMILES string of the molecule is CCCCCCC[C@H]1CC[C@H](c2ccc(-c3cc4sc(C#N)cc4s3)cc2)CC1. The van der Waals surface area contributed by atoms with Gasteiger partial charge in [0.25, 0.3) is 0 Å². The first kappa shape index (κ1) is 20.6. The predicted octanol–water partition coefficient (Wildman–Crippen LogP) is 9.14. The lowest BCUT2D eigenvalue weighted by atomic mass is 9.77. The van der Waals surface area contributed by atoms with Crippen molar-refractivity contribution in [1.82, 2.24) is 0 Å². The number of rotatable bonds is 8. The van der Waals surface area contributed by atoms with E-state index in [1.807, 2.05) is 6.07 Å². The van der Waals surface area contributed by atoms with E-state index in [-0.39, 0.29) is 0 Å². The average Bonchev–Trinajstić information content (AvgIpc) is 3.33. The molecule has 1 aliphatic rings. The van der Waals surface area contributed by atoms with Gasteiger partial charge >= 0.3 is 0 Å². The maximum atomic E-state index is 9.05. The number of unbranched alkanes of at least 4 members (excludes halogenated alkanes) is 4. The van der Waals surface area contributed by atoms with E-state index in [0.29, 0.717) is 0 Å². The molecule has 1 saturated carbocycles. The summed E-state index contributed by atoms with van der Waals surface area (Å²) >= 11 is 3.40. The van der Waals surface area contributed by atoms with Gasteiger partial charge in [-0.1, -0.05) is 69.7 Å². The second kappa shape index (κ2) is 9.92. The Bertz CT molecular complexity index is 917. The lowest BCUT2D eigenvalue weighted by Gasteiger charge is -2.29. The molecule has 4 rings (SSSR count). The molecule has 0 amide bonds. The quantitative estimate of drug-likeness (QED) is 0.333. The fraction of sp³-hybridized carbons (Fsp3) is 0.500. The number of hydrogen-bond donors (Lipinski definition) is 0. The summed E-state index contributed by atoms with van der Waals surface area (Å²) in [5.74, 6) is 1.73. The largest absolute Gasteiger partial charge is 0.192 e. The molecule has 1 nitrogen and oxygen atoms in total. The van der Waals surface area contributed by atoms with E-state index < -0.39 is 0 Å². The van der Waals surface area contributed by atoms with Crippen LogP contribution >= 0.6 is 22.7 Å².